The molecule has 2 aliphatic rings. The highest BCUT2D eigenvalue weighted by molar-refractivity contribution is 5.90. The first-order valence-corrected chi connectivity index (χ1v) is 13.0. The molecule has 2 fully saturated rings. The zero-order valence-corrected chi connectivity index (χ0v) is 20.9. The van der Waals surface area contributed by atoms with Crippen molar-refractivity contribution in [1.82, 2.24) is 24.3 Å². The summed E-state index contributed by atoms with van der Waals surface area (Å²) in [5.74, 6) is 2.63. The van der Waals surface area contributed by atoms with Gasteiger partial charge >= 0.3 is 0 Å². The molecule has 1 aliphatic heterocycles. The van der Waals surface area contributed by atoms with Crippen molar-refractivity contribution in [3.8, 4) is 17.2 Å². The standard InChI is InChI=1S/C29H34N6O/c1-33-15-17-34(18-16-33)22-9-7-21(8-10-22)26-19-35(28-27(26)31-20-32-29(28)30)23-11-13-25(14-12-23)36-24-5-3-2-4-6-24/h2-6,11-14,19-22H,7-10,15-18H2,1H3,(H2,30,31,32)/t21-,22-. The summed E-state index contributed by atoms with van der Waals surface area (Å²) in [4.78, 5) is 14.2. The van der Waals surface area contributed by atoms with E-state index in [-0.39, 0.29) is 0 Å². The van der Waals surface area contributed by atoms with Crippen LogP contribution in [0.4, 0.5) is 5.82 Å². The molecule has 3 heterocycles. The molecule has 2 aromatic carbocycles. The van der Waals surface area contributed by atoms with Gasteiger partial charge in [0.15, 0.2) is 5.82 Å². The number of nitrogens with two attached hydrogens (primary N) is 1. The van der Waals surface area contributed by atoms with Gasteiger partial charge in [-0.15, -0.1) is 0 Å². The third-order valence-electron chi connectivity index (χ3n) is 7.92. The lowest BCUT2D eigenvalue weighted by Gasteiger charge is -2.41. The van der Waals surface area contributed by atoms with Crippen molar-refractivity contribution in [2.45, 2.75) is 37.6 Å². The van der Waals surface area contributed by atoms with Crippen LogP contribution in [0.25, 0.3) is 16.7 Å². The minimum Gasteiger partial charge on any atom is -0.457 e. The molecule has 2 aromatic heterocycles. The van der Waals surface area contributed by atoms with E-state index in [0.29, 0.717) is 17.8 Å². The van der Waals surface area contributed by atoms with E-state index in [2.05, 4.69) is 44.7 Å². The zero-order chi connectivity index (χ0) is 24.5. The molecule has 0 amide bonds. The summed E-state index contributed by atoms with van der Waals surface area (Å²) >= 11 is 0. The van der Waals surface area contributed by atoms with Gasteiger partial charge in [-0.2, -0.15) is 0 Å². The van der Waals surface area contributed by atoms with Gasteiger partial charge in [0.05, 0.1) is 5.52 Å². The first-order chi connectivity index (χ1) is 17.7. The molecule has 1 aliphatic carbocycles. The maximum atomic E-state index is 6.39. The number of piperazine rings is 1. The maximum Gasteiger partial charge on any atom is 0.151 e. The lowest BCUT2D eigenvalue weighted by Crippen LogP contribution is -2.49. The highest BCUT2D eigenvalue weighted by Gasteiger charge is 2.30. The number of para-hydroxylation sites is 1. The fourth-order valence-corrected chi connectivity index (χ4v) is 5.85. The first-order valence-electron chi connectivity index (χ1n) is 13.0. The van der Waals surface area contributed by atoms with Gasteiger partial charge < -0.3 is 19.9 Å². The molecule has 1 saturated heterocycles. The molecule has 1 saturated carbocycles. The number of anilines is 1. The summed E-state index contributed by atoms with van der Waals surface area (Å²) in [6.07, 6.45) is 8.69. The second kappa shape index (κ2) is 9.91. The van der Waals surface area contributed by atoms with Crippen molar-refractivity contribution in [3.05, 3.63) is 72.7 Å². The van der Waals surface area contributed by atoms with E-state index in [4.69, 9.17) is 15.5 Å². The van der Waals surface area contributed by atoms with Crippen LogP contribution in [0, 0.1) is 0 Å². The Hall–Kier alpha value is -3.42. The summed E-state index contributed by atoms with van der Waals surface area (Å²) in [6, 6.07) is 18.7. The molecule has 0 spiro atoms. The van der Waals surface area contributed by atoms with Crippen molar-refractivity contribution >= 4 is 16.9 Å². The van der Waals surface area contributed by atoms with Crippen LogP contribution in [0.2, 0.25) is 0 Å². The summed E-state index contributed by atoms with van der Waals surface area (Å²) in [7, 11) is 2.22. The summed E-state index contributed by atoms with van der Waals surface area (Å²) < 4.78 is 8.13. The van der Waals surface area contributed by atoms with Gasteiger partial charge in [-0.25, -0.2) is 9.97 Å². The van der Waals surface area contributed by atoms with Crippen molar-refractivity contribution in [3.63, 3.8) is 0 Å². The molecule has 0 atom stereocenters. The normalized spacial score (nSPS) is 21.6. The van der Waals surface area contributed by atoms with Crippen molar-refractivity contribution in [1.29, 1.82) is 0 Å². The zero-order valence-electron chi connectivity index (χ0n) is 20.9. The quantitative estimate of drug-likeness (QED) is 0.428. The third kappa shape index (κ3) is 4.56. The van der Waals surface area contributed by atoms with Crippen molar-refractivity contribution in [2.75, 3.05) is 39.0 Å². The number of benzene rings is 2. The number of fused-ring (bicyclic) bond motifs is 1. The van der Waals surface area contributed by atoms with E-state index in [9.17, 15) is 0 Å². The number of rotatable bonds is 5. The molecular weight excluding hydrogens is 448 g/mol. The van der Waals surface area contributed by atoms with Gasteiger partial charge in [0.1, 0.15) is 23.3 Å². The van der Waals surface area contributed by atoms with Crippen LogP contribution in [0.15, 0.2) is 67.1 Å². The van der Waals surface area contributed by atoms with E-state index < -0.39 is 0 Å². The van der Waals surface area contributed by atoms with Crippen LogP contribution in [-0.4, -0.2) is 63.6 Å². The molecule has 0 bridgehead atoms. The molecule has 4 aromatic rings. The van der Waals surface area contributed by atoms with Gasteiger partial charge in [-0.3, -0.25) is 4.90 Å². The molecule has 186 valence electrons. The fraction of sp³-hybridized carbons (Fsp3) is 0.379. The van der Waals surface area contributed by atoms with E-state index in [1.54, 1.807) is 6.33 Å². The van der Waals surface area contributed by atoms with Crippen molar-refractivity contribution in [2.24, 2.45) is 0 Å². The number of nitrogen functional groups attached to an aromatic ring is 1. The Kier molecular flexibility index (Phi) is 6.34. The monoisotopic (exact) mass is 482 g/mol. The molecule has 6 rings (SSSR count). The Labute approximate surface area is 212 Å². The Balaban J connectivity index is 1.24. The largest absolute Gasteiger partial charge is 0.457 e. The van der Waals surface area contributed by atoms with E-state index in [1.165, 1.54) is 57.4 Å². The van der Waals surface area contributed by atoms with Crippen LogP contribution in [0.3, 0.4) is 0 Å². The number of hydrogen-bond acceptors (Lipinski definition) is 6. The smallest absolute Gasteiger partial charge is 0.151 e. The average Bonchev–Trinajstić information content (AvgIpc) is 3.31. The lowest BCUT2D eigenvalue weighted by atomic mass is 9.81. The van der Waals surface area contributed by atoms with Crippen LogP contribution < -0.4 is 10.5 Å². The number of hydrogen-bond donors (Lipinski definition) is 1. The van der Waals surface area contributed by atoms with Crippen LogP contribution in [-0.2, 0) is 0 Å². The maximum absolute atomic E-state index is 6.39. The number of nitrogens with zero attached hydrogens (tertiary/aromatic N) is 5. The number of aromatic nitrogens is 3. The topological polar surface area (TPSA) is 72.4 Å². The van der Waals surface area contributed by atoms with Crippen LogP contribution in [0.1, 0.15) is 37.2 Å². The predicted molar refractivity (Wildman–Crippen MR) is 144 cm³/mol. The molecule has 36 heavy (non-hydrogen) atoms. The lowest BCUT2D eigenvalue weighted by molar-refractivity contribution is 0.0879. The van der Waals surface area contributed by atoms with Gasteiger partial charge in [0.2, 0.25) is 0 Å². The second-order valence-corrected chi connectivity index (χ2v) is 10.2. The Morgan fingerprint density at radius 2 is 1.53 bits per heavy atom. The Bertz CT molecular complexity index is 1300. The van der Waals surface area contributed by atoms with Gasteiger partial charge in [0, 0.05) is 44.1 Å². The Morgan fingerprint density at radius 1 is 0.833 bits per heavy atom. The van der Waals surface area contributed by atoms with Gasteiger partial charge in [0.25, 0.3) is 0 Å². The average molecular weight is 483 g/mol. The van der Waals surface area contributed by atoms with Gasteiger partial charge in [-0.05, 0) is 80.6 Å². The van der Waals surface area contributed by atoms with Crippen molar-refractivity contribution < 1.29 is 4.74 Å². The van der Waals surface area contributed by atoms with E-state index in [0.717, 1.165) is 28.2 Å². The highest BCUT2D eigenvalue weighted by atomic mass is 16.5. The molecule has 0 unspecified atom stereocenters. The molecule has 7 heteroatoms. The predicted octanol–water partition coefficient (Wildman–Crippen LogP) is 5.07. The molecule has 7 nitrogen and oxygen atoms in total. The molecular formula is C29H34N6O. The second-order valence-electron chi connectivity index (χ2n) is 10.2. The number of likely N-dealkylation sites (N-methyl/N-ethyl adjacent to an activating group) is 1. The number of ether oxygens (including phenoxy) is 1. The van der Waals surface area contributed by atoms with Gasteiger partial charge in [-0.1, -0.05) is 18.2 Å². The Morgan fingerprint density at radius 3 is 2.25 bits per heavy atom. The van der Waals surface area contributed by atoms with E-state index >= 15 is 0 Å². The van der Waals surface area contributed by atoms with E-state index in [1.807, 2.05) is 42.5 Å². The summed E-state index contributed by atoms with van der Waals surface area (Å²) in [5, 5.41) is 0. The third-order valence-corrected chi connectivity index (χ3v) is 7.92. The first kappa shape index (κ1) is 23.0. The summed E-state index contributed by atoms with van der Waals surface area (Å²) in [6.45, 7) is 4.75. The minimum absolute atomic E-state index is 0.493. The SMILES string of the molecule is CN1CCN([C@H]2CC[C@H](c3cn(-c4ccc(Oc5ccccc5)cc4)c4c(N)ncnc43)CC2)CC1. The summed E-state index contributed by atoms with van der Waals surface area (Å²) in [5.41, 5.74) is 10.6. The fourth-order valence-electron chi connectivity index (χ4n) is 5.85. The highest BCUT2D eigenvalue weighted by Crippen LogP contribution is 2.40. The minimum atomic E-state index is 0.493. The van der Waals surface area contributed by atoms with Crippen LogP contribution >= 0.6 is 0 Å². The molecule has 0 radical (unpaired) electrons. The molecule has 2 N–H and O–H groups in total. The van der Waals surface area contributed by atoms with Crippen LogP contribution in [0.5, 0.6) is 11.5 Å².